The van der Waals surface area contributed by atoms with E-state index in [4.69, 9.17) is 9.47 Å². The van der Waals surface area contributed by atoms with E-state index in [2.05, 4.69) is 12.8 Å². The van der Waals surface area contributed by atoms with Crippen LogP contribution >= 0.6 is 0 Å². The molecule has 0 aliphatic carbocycles. The molecule has 2 rings (SSSR count). The molecule has 6 heteroatoms. The zero-order valence-electron chi connectivity index (χ0n) is 13.9. The van der Waals surface area contributed by atoms with E-state index in [0.717, 1.165) is 0 Å². The quantitative estimate of drug-likeness (QED) is 0.452. The van der Waals surface area contributed by atoms with Gasteiger partial charge in [-0.05, 0) is 25.5 Å². The number of benzene rings is 1. The summed E-state index contributed by atoms with van der Waals surface area (Å²) in [5, 5.41) is 0. The van der Waals surface area contributed by atoms with Crippen molar-refractivity contribution in [2.45, 2.75) is 26.3 Å². The van der Waals surface area contributed by atoms with Gasteiger partial charge in [0.25, 0.3) is 0 Å². The van der Waals surface area contributed by atoms with Crippen molar-refractivity contribution >= 4 is 17.8 Å². The maximum atomic E-state index is 12.0. The molecule has 0 radical (unpaired) electrons. The number of rotatable bonds is 6. The number of hydrogen-bond acceptors (Lipinski definition) is 5. The highest BCUT2D eigenvalue weighted by atomic mass is 16.5. The number of carbonyl (C=O) groups excluding carboxylic acids is 3. The lowest BCUT2D eigenvalue weighted by molar-refractivity contribution is -0.158. The fourth-order valence-corrected chi connectivity index (χ4v) is 2.46. The number of esters is 2. The standard InChI is InChI=1S/C16H19NO5.C2H2/c1-3-21-15(19)10-17-13(9-14(17)18)11-7-5-6-8-12(11)16(20)22-4-2;1-2/h5-8,13H,3-4,9-10H2,1-2H3;1-2H/t13-;/m0./s1. The Morgan fingerprint density at radius 2 is 1.79 bits per heavy atom. The molecule has 6 nitrogen and oxygen atoms in total. The fraction of sp³-hybridized carbons (Fsp3) is 0.389. The molecule has 128 valence electrons. The van der Waals surface area contributed by atoms with E-state index < -0.39 is 11.9 Å². The van der Waals surface area contributed by atoms with Crippen LogP contribution in [0.2, 0.25) is 0 Å². The summed E-state index contributed by atoms with van der Waals surface area (Å²) in [7, 11) is 0. The summed E-state index contributed by atoms with van der Waals surface area (Å²) in [5.74, 6) is -1.00. The maximum absolute atomic E-state index is 12.0. The molecule has 1 aliphatic heterocycles. The van der Waals surface area contributed by atoms with Gasteiger partial charge in [0.2, 0.25) is 5.91 Å². The van der Waals surface area contributed by atoms with E-state index in [1.54, 1.807) is 38.1 Å². The van der Waals surface area contributed by atoms with Crippen LogP contribution in [-0.4, -0.2) is 42.5 Å². The minimum absolute atomic E-state index is 0.103. The summed E-state index contributed by atoms with van der Waals surface area (Å²) < 4.78 is 9.91. The van der Waals surface area contributed by atoms with Crippen molar-refractivity contribution in [2.24, 2.45) is 0 Å². The Bertz CT molecular complexity index is 623. The van der Waals surface area contributed by atoms with Crippen molar-refractivity contribution in [1.29, 1.82) is 0 Å². The molecule has 1 atom stereocenters. The second-order valence-corrected chi connectivity index (χ2v) is 4.85. The molecule has 1 aromatic rings. The SMILES string of the molecule is C#C.CCOC(=O)CN1C(=O)C[C@H]1c1ccccc1C(=O)OCC. The topological polar surface area (TPSA) is 72.9 Å². The highest BCUT2D eigenvalue weighted by Crippen LogP contribution is 2.36. The summed E-state index contributed by atoms with van der Waals surface area (Å²) in [5.41, 5.74) is 1.13. The van der Waals surface area contributed by atoms with Crippen molar-refractivity contribution in [2.75, 3.05) is 19.8 Å². The third-order valence-electron chi connectivity index (χ3n) is 3.48. The highest BCUT2D eigenvalue weighted by Gasteiger charge is 2.40. The first-order chi connectivity index (χ1) is 11.6. The van der Waals surface area contributed by atoms with Gasteiger partial charge in [-0.2, -0.15) is 0 Å². The predicted octanol–water partition coefficient (Wildman–Crippen LogP) is 1.95. The summed E-state index contributed by atoms with van der Waals surface area (Å²) in [4.78, 5) is 36.8. The molecule has 1 amide bonds. The second-order valence-electron chi connectivity index (χ2n) is 4.85. The molecule has 24 heavy (non-hydrogen) atoms. The van der Waals surface area contributed by atoms with E-state index in [-0.39, 0.29) is 38.1 Å². The number of nitrogens with zero attached hydrogens (tertiary/aromatic N) is 1. The van der Waals surface area contributed by atoms with Gasteiger partial charge < -0.3 is 14.4 Å². The zero-order valence-corrected chi connectivity index (χ0v) is 13.9. The van der Waals surface area contributed by atoms with Crippen molar-refractivity contribution < 1.29 is 23.9 Å². The Labute approximate surface area is 141 Å². The second kappa shape index (κ2) is 9.36. The molecular weight excluding hydrogens is 310 g/mol. The van der Waals surface area contributed by atoms with Crippen LogP contribution in [0, 0.1) is 12.8 Å². The summed E-state index contributed by atoms with van der Waals surface area (Å²) in [6.07, 6.45) is 8.27. The number of β-lactam (4-membered cyclic amide) rings is 1. The minimum atomic E-state index is -0.450. The Kier molecular flexibility index (Phi) is 7.50. The molecule has 1 heterocycles. The van der Waals surface area contributed by atoms with Crippen molar-refractivity contribution in [3.63, 3.8) is 0 Å². The average Bonchev–Trinajstić information content (AvgIpc) is 2.60. The Balaban J connectivity index is 0.00000139. The molecule has 0 unspecified atom stereocenters. The van der Waals surface area contributed by atoms with Gasteiger partial charge in [-0.25, -0.2) is 4.79 Å². The van der Waals surface area contributed by atoms with Gasteiger partial charge >= 0.3 is 11.9 Å². The molecule has 1 fully saturated rings. The van der Waals surface area contributed by atoms with Crippen LogP contribution in [0.25, 0.3) is 0 Å². The average molecular weight is 331 g/mol. The monoisotopic (exact) mass is 331 g/mol. The molecule has 0 aromatic heterocycles. The third kappa shape index (κ3) is 4.35. The van der Waals surface area contributed by atoms with Crippen LogP contribution in [0.1, 0.15) is 42.2 Å². The van der Waals surface area contributed by atoms with Gasteiger partial charge in [0.15, 0.2) is 0 Å². The normalized spacial score (nSPS) is 15.6. The first-order valence-corrected chi connectivity index (χ1v) is 7.62. The Morgan fingerprint density at radius 1 is 1.17 bits per heavy atom. The van der Waals surface area contributed by atoms with E-state index in [9.17, 15) is 14.4 Å². The van der Waals surface area contributed by atoms with Crippen molar-refractivity contribution in [3.05, 3.63) is 35.4 Å². The van der Waals surface area contributed by atoms with E-state index in [1.165, 1.54) is 4.90 Å². The van der Waals surface area contributed by atoms with E-state index in [0.29, 0.717) is 11.1 Å². The molecule has 1 aromatic carbocycles. The van der Waals surface area contributed by atoms with Crippen molar-refractivity contribution in [1.82, 2.24) is 4.90 Å². The fourth-order valence-electron chi connectivity index (χ4n) is 2.46. The van der Waals surface area contributed by atoms with Crippen LogP contribution in [0.5, 0.6) is 0 Å². The number of carbonyl (C=O) groups is 3. The van der Waals surface area contributed by atoms with Gasteiger partial charge in [-0.1, -0.05) is 18.2 Å². The smallest absolute Gasteiger partial charge is 0.338 e. The summed E-state index contributed by atoms with van der Waals surface area (Å²) in [6.45, 7) is 3.90. The van der Waals surface area contributed by atoms with Gasteiger partial charge in [-0.15, -0.1) is 12.8 Å². The first-order valence-electron chi connectivity index (χ1n) is 7.62. The lowest BCUT2D eigenvalue weighted by atomic mass is 9.90. The minimum Gasteiger partial charge on any atom is -0.465 e. The predicted molar refractivity (Wildman–Crippen MR) is 88.0 cm³/mol. The van der Waals surface area contributed by atoms with Gasteiger partial charge in [0, 0.05) is 0 Å². The zero-order chi connectivity index (χ0) is 18.1. The number of likely N-dealkylation sites (tertiary alicyclic amines) is 1. The van der Waals surface area contributed by atoms with Crippen LogP contribution in [0.15, 0.2) is 24.3 Å². The van der Waals surface area contributed by atoms with Crippen LogP contribution in [0.3, 0.4) is 0 Å². The number of ether oxygens (including phenoxy) is 2. The lowest BCUT2D eigenvalue weighted by Crippen LogP contribution is -2.49. The molecule has 1 saturated heterocycles. The number of terminal acetylenes is 1. The van der Waals surface area contributed by atoms with Crippen LogP contribution < -0.4 is 0 Å². The third-order valence-corrected chi connectivity index (χ3v) is 3.48. The Hall–Kier alpha value is -2.81. The van der Waals surface area contributed by atoms with E-state index in [1.807, 2.05) is 0 Å². The number of amides is 1. The van der Waals surface area contributed by atoms with Gasteiger partial charge in [0.1, 0.15) is 6.54 Å². The molecule has 0 saturated carbocycles. The molecule has 1 aliphatic rings. The van der Waals surface area contributed by atoms with Crippen LogP contribution in [0.4, 0.5) is 0 Å². The van der Waals surface area contributed by atoms with Crippen LogP contribution in [-0.2, 0) is 19.1 Å². The first kappa shape index (κ1) is 19.2. The summed E-state index contributed by atoms with van der Waals surface area (Å²) in [6, 6.07) is 6.69. The molecule has 0 spiro atoms. The summed E-state index contributed by atoms with van der Waals surface area (Å²) >= 11 is 0. The highest BCUT2D eigenvalue weighted by molar-refractivity contribution is 5.93. The largest absolute Gasteiger partial charge is 0.465 e. The van der Waals surface area contributed by atoms with Gasteiger partial charge in [-0.3, -0.25) is 9.59 Å². The Morgan fingerprint density at radius 3 is 2.38 bits per heavy atom. The molecule has 0 bridgehead atoms. The lowest BCUT2D eigenvalue weighted by Gasteiger charge is -2.40. The maximum Gasteiger partial charge on any atom is 0.338 e. The molecular formula is C18H21NO5. The molecule has 0 N–H and O–H groups in total. The van der Waals surface area contributed by atoms with E-state index >= 15 is 0 Å². The number of hydrogen-bond donors (Lipinski definition) is 0. The van der Waals surface area contributed by atoms with Crippen molar-refractivity contribution in [3.8, 4) is 12.8 Å². The van der Waals surface area contributed by atoms with Gasteiger partial charge in [0.05, 0.1) is 31.2 Å².